The lowest BCUT2D eigenvalue weighted by Gasteiger charge is -2.28. The zero-order valence-corrected chi connectivity index (χ0v) is 13.0. The van der Waals surface area contributed by atoms with E-state index in [9.17, 15) is 0 Å². The number of hydrogen-bond acceptors (Lipinski definition) is 1. The van der Waals surface area contributed by atoms with Crippen LogP contribution in [0.4, 0.5) is 0 Å². The maximum atomic E-state index is 4.24. The summed E-state index contributed by atoms with van der Waals surface area (Å²) in [6.07, 6.45) is 8.02. The van der Waals surface area contributed by atoms with E-state index in [0.29, 0.717) is 12.0 Å². The Morgan fingerprint density at radius 3 is 2.23 bits per heavy atom. The van der Waals surface area contributed by atoms with Crippen LogP contribution in [0.5, 0.6) is 0 Å². The SMILES string of the molecule is CCC(C(Cc1ccccc1)c1ccccc1)n1ccnc1. The van der Waals surface area contributed by atoms with E-state index >= 15 is 0 Å². The normalized spacial score (nSPS) is 13.7. The third-order valence-electron chi connectivity index (χ3n) is 4.32. The van der Waals surface area contributed by atoms with Gasteiger partial charge in [0.15, 0.2) is 0 Å². The fraction of sp³-hybridized carbons (Fsp3) is 0.250. The molecule has 2 heteroatoms. The molecule has 0 radical (unpaired) electrons. The Labute approximate surface area is 132 Å². The van der Waals surface area contributed by atoms with E-state index in [4.69, 9.17) is 0 Å². The maximum absolute atomic E-state index is 4.24. The predicted octanol–water partition coefficient (Wildman–Crippen LogP) is 4.86. The lowest BCUT2D eigenvalue weighted by molar-refractivity contribution is 0.395. The van der Waals surface area contributed by atoms with Gasteiger partial charge in [-0.25, -0.2) is 4.98 Å². The molecular formula is C20H22N2. The molecule has 1 aromatic heterocycles. The van der Waals surface area contributed by atoms with Gasteiger partial charge in [0.25, 0.3) is 0 Å². The smallest absolute Gasteiger partial charge is 0.0948 e. The molecule has 3 rings (SSSR count). The van der Waals surface area contributed by atoms with E-state index in [-0.39, 0.29) is 0 Å². The van der Waals surface area contributed by atoms with E-state index in [1.54, 1.807) is 0 Å². The molecule has 22 heavy (non-hydrogen) atoms. The zero-order chi connectivity index (χ0) is 15.2. The second kappa shape index (κ2) is 7.08. The van der Waals surface area contributed by atoms with Crippen molar-refractivity contribution in [1.82, 2.24) is 9.55 Å². The molecule has 0 saturated carbocycles. The van der Waals surface area contributed by atoms with E-state index in [1.165, 1.54) is 11.1 Å². The van der Waals surface area contributed by atoms with Gasteiger partial charge < -0.3 is 4.57 Å². The molecule has 0 N–H and O–H groups in total. The molecule has 0 aliphatic rings. The minimum absolute atomic E-state index is 0.421. The largest absolute Gasteiger partial charge is 0.334 e. The van der Waals surface area contributed by atoms with E-state index < -0.39 is 0 Å². The van der Waals surface area contributed by atoms with Crippen molar-refractivity contribution in [3.8, 4) is 0 Å². The van der Waals surface area contributed by atoms with Gasteiger partial charge in [0.1, 0.15) is 0 Å². The summed E-state index contributed by atoms with van der Waals surface area (Å²) in [5, 5.41) is 0. The summed E-state index contributed by atoms with van der Waals surface area (Å²) in [5.41, 5.74) is 2.78. The summed E-state index contributed by atoms with van der Waals surface area (Å²) in [4.78, 5) is 4.24. The Hall–Kier alpha value is -2.35. The maximum Gasteiger partial charge on any atom is 0.0948 e. The Morgan fingerprint density at radius 2 is 1.64 bits per heavy atom. The predicted molar refractivity (Wildman–Crippen MR) is 90.9 cm³/mol. The van der Waals surface area contributed by atoms with Gasteiger partial charge in [0.2, 0.25) is 0 Å². The Balaban J connectivity index is 1.95. The van der Waals surface area contributed by atoms with Crippen LogP contribution in [-0.4, -0.2) is 9.55 Å². The minimum atomic E-state index is 0.421. The first-order valence-corrected chi connectivity index (χ1v) is 7.94. The number of hydrogen-bond donors (Lipinski definition) is 0. The molecule has 1 heterocycles. The average Bonchev–Trinajstić information content (AvgIpc) is 3.11. The molecule has 2 nitrogen and oxygen atoms in total. The van der Waals surface area contributed by atoms with Gasteiger partial charge >= 0.3 is 0 Å². The highest BCUT2D eigenvalue weighted by Crippen LogP contribution is 2.34. The van der Waals surface area contributed by atoms with Crippen LogP contribution in [0.25, 0.3) is 0 Å². The Kier molecular flexibility index (Phi) is 4.69. The fourth-order valence-electron chi connectivity index (χ4n) is 3.21. The van der Waals surface area contributed by atoms with Gasteiger partial charge in [-0.2, -0.15) is 0 Å². The molecule has 2 atom stereocenters. The highest BCUT2D eigenvalue weighted by atomic mass is 15.1. The molecule has 0 amide bonds. The molecule has 2 aromatic carbocycles. The summed E-state index contributed by atoms with van der Waals surface area (Å²) in [7, 11) is 0. The highest BCUT2D eigenvalue weighted by Gasteiger charge is 2.23. The second-order valence-corrected chi connectivity index (χ2v) is 5.69. The standard InChI is InChI=1S/C20H22N2/c1-2-20(22-14-13-21-16-22)19(18-11-7-4-8-12-18)15-17-9-5-3-6-10-17/h3-14,16,19-20H,2,15H2,1H3. The first-order valence-electron chi connectivity index (χ1n) is 7.94. The van der Waals surface area contributed by atoms with E-state index in [1.807, 2.05) is 12.5 Å². The van der Waals surface area contributed by atoms with Crippen LogP contribution in [0.2, 0.25) is 0 Å². The van der Waals surface area contributed by atoms with Crippen molar-refractivity contribution in [2.45, 2.75) is 31.7 Å². The third kappa shape index (κ3) is 3.28. The van der Waals surface area contributed by atoms with Crippen molar-refractivity contribution < 1.29 is 0 Å². The number of benzene rings is 2. The number of nitrogens with zero attached hydrogens (tertiary/aromatic N) is 2. The summed E-state index contributed by atoms with van der Waals surface area (Å²) in [6.45, 7) is 2.26. The molecule has 0 bridgehead atoms. The number of aromatic nitrogens is 2. The van der Waals surface area contributed by atoms with Crippen LogP contribution in [0.3, 0.4) is 0 Å². The monoisotopic (exact) mass is 290 g/mol. The Bertz CT molecular complexity index is 659. The molecule has 0 fully saturated rings. The van der Waals surface area contributed by atoms with E-state index in [2.05, 4.69) is 83.3 Å². The lowest BCUT2D eigenvalue weighted by atomic mass is 9.84. The van der Waals surface area contributed by atoms with Gasteiger partial charge in [-0.15, -0.1) is 0 Å². The van der Waals surface area contributed by atoms with Crippen LogP contribution in [0.15, 0.2) is 79.4 Å². The molecule has 0 spiro atoms. The molecule has 0 saturated heterocycles. The summed E-state index contributed by atoms with van der Waals surface area (Å²) >= 11 is 0. The van der Waals surface area contributed by atoms with Crippen molar-refractivity contribution in [3.05, 3.63) is 90.5 Å². The molecule has 0 aliphatic heterocycles. The van der Waals surface area contributed by atoms with Crippen molar-refractivity contribution in [1.29, 1.82) is 0 Å². The van der Waals surface area contributed by atoms with Gasteiger partial charge in [-0.1, -0.05) is 67.6 Å². The van der Waals surface area contributed by atoms with Crippen molar-refractivity contribution >= 4 is 0 Å². The van der Waals surface area contributed by atoms with Crippen LogP contribution in [0.1, 0.15) is 36.4 Å². The average molecular weight is 290 g/mol. The summed E-state index contributed by atoms with van der Waals surface area (Å²) in [5.74, 6) is 0.447. The molecular weight excluding hydrogens is 268 g/mol. The lowest BCUT2D eigenvalue weighted by Crippen LogP contribution is -2.18. The number of imidazole rings is 1. The molecule has 0 aliphatic carbocycles. The number of rotatable bonds is 6. The van der Waals surface area contributed by atoms with Crippen molar-refractivity contribution in [2.24, 2.45) is 0 Å². The van der Waals surface area contributed by atoms with Gasteiger partial charge in [-0.05, 0) is 24.0 Å². The first kappa shape index (κ1) is 14.6. The summed E-state index contributed by atoms with van der Waals surface area (Å²) < 4.78 is 2.25. The Morgan fingerprint density at radius 1 is 0.955 bits per heavy atom. The molecule has 112 valence electrons. The first-order chi connectivity index (χ1) is 10.9. The summed E-state index contributed by atoms with van der Waals surface area (Å²) in [6, 6.07) is 22.0. The zero-order valence-electron chi connectivity index (χ0n) is 13.0. The minimum Gasteiger partial charge on any atom is -0.334 e. The van der Waals surface area contributed by atoms with Crippen LogP contribution in [0, 0.1) is 0 Å². The van der Waals surface area contributed by atoms with Crippen LogP contribution in [-0.2, 0) is 6.42 Å². The fourth-order valence-corrected chi connectivity index (χ4v) is 3.21. The third-order valence-corrected chi connectivity index (χ3v) is 4.32. The quantitative estimate of drug-likeness (QED) is 0.634. The van der Waals surface area contributed by atoms with Crippen LogP contribution >= 0.6 is 0 Å². The van der Waals surface area contributed by atoms with Gasteiger partial charge in [0, 0.05) is 24.4 Å². The molecule has 2 unspecified atom stereocenters. The second-order valence-electron chi connectivity index (χ2n) is 5.69. The van der Waals surface area contributed by atoms with Gasteiger partial charge in [-0.3, -0.25) is 0 Å². The van der Waals surface area contributed by atoms with Gasteiger partial charge in [0.05, 0.1) is 6.33 Å². The van der Waals surface area contributed by atoms with Crippen molar-refractivity contribution in [3.63, 3.8) is 0 Å². The topological polar surface area (TPSA) is 17.8 Å². The van der Waals surface area contributed by atoms with E-state index in [0.717, 1.165) is 12.8 Å². The van der Waals surface area contributed by atoms with Crippen molar-refractivity contribution in [2.75, 3.05) is 0 Å². The highest BCUT2D eigenvalue weighted by molar-refractivity contribution is 5.25. The molecule has 3 aromatic rings. The van der Waals surface area contributed by atoms with Crippen LogP contribution < -0.4 is 0 Å².